The standard InChI is InChI=1S/C19H21ClFN3O2/c1-3-22-19(26)23-18(25)17(13-8-5-4-6-9-13)24(2)12-14-15(20)10-7-11-16(14)21/h4-11,17H,3,12H2,1-2H3,(H2,22,23,25,26)/p+1/t17-/m0/s1. The zero-order valence-corrected chi connectivity index (χ0v) is 15.4. The fourth-order valence-electron chi connectivity index (χ4n) is 2.78. The maximum atomic E-state index is 14.1. The van der Waals surface area contributed by atoms with Crippen molar-refractivity contribution < 1.29 is 18.9 Å². The van der Waals surface area contributed by atoms with E-state index in [1.807, 2.05) is 18.2 Å². The Kier molecular flexibility index (Phi) is 7.12. The summed E-state index contributed by atoms with van der Waals surface area (Å²) in [7, 11) is 1.76. The minimum absolute atomic E-state index is 0.188. The predicted molar refractivity (Wildman–Crippen MR) is 98.4 cm³/mol. The zero-order chi connectivity index (χ0) is 19.1. The number of quaternary nitrogens is 1. The first kappa shape index (κ1) is 19.9. The van der Waals surface area contributed by atoms with Crippen molar-refractivity contribution in [2.24, 2.45) is 0 Å². The van der Waals surface area contributed by atoms with Crippen molar-refractivity contribution in [1.29, 1.82) is 0 Å². The molecular weight excluding hydrogens is 357 g/mol. The normalized spacial score (nSPS) is 12.9. The number of nitrogens with one attached hydrogen (secondary N) is 3. The van der Waals surface area contributed by atoms with Crippen LogP contribution >= 0.6 is 11.6 Å². The summed E-state index contributed by atoms with van der Waals surface area (Å²) < 4.78 is 14.1. The minimum atomic E-state index is -0.700. The van der Waals surface area contributed by atoms with Crippen LogP contribution in [0.25, 0.3) is 0 Å². The second-order valence-corrected chi connectivity index (χ2v) is 6.32. The van der Waals surface area contributed by atoms with E-state index in [1.165, 1.54) is 12.1 Å². The first-order valence-corrected chi connectivity index (χ1v) is 8.70. The molecule has 0 spiro atoms. The Bertz CT molecular complexity index is 750. The number of imide groups is 1. The van der Waals surface area contributed by atoms with Gasteiger partial charge >= 0.3 is 6.03 Å². The highest BCUT2D eigenvalue weighted by Crippen LogP contribution is 2.18. The molecule has 7 heteroatoms. The Morgan fingerprint density at radius 2 is 1.85 bits per heavy atom. The lowest BCUT2D eigenvalue weighted by Gasteiger charge is -2.25. The van der Waals surface area contributed by atoms with Crippen LogP contribution in [0.4, 0.5) is 9.18 Å². The molecule has 2 aromatic rings. The fraction of sp³-hybridized carbons (Fsp3) is 0.263. The molecule has 0 heterocycles. The molecule has 3 N–H and O–H groups in total. The number of rotatable bonds is 6. The number of amides is 3. The topological polar surface area (TPSA) is 62.6 Å². The lowest BCUT2D eigenvalue weighted by molar-refractivity contribution is -0.916. The largest absolute Gasteiger partial charge is 0.338 e. The van der Waals surface area contributed by atoms with Crippen LogP contribution in [-0.4, -0.2) is 25.5 Å². The van der Waals surface area contributed by atoms with Gasteiger partial charge in [0.1, 0.15) is 12.4 Å². The molecule has 2 atom stereocenters. The molecule has 0 saturated heterocycles. The Hall–Kier alpha value is -2.44. The molecule has 0 radical (unpaired) electrons. The molecule has 0 fully saturated rings. The van der Waals surface area contributed by atoms with Gasteiger partial charge in [0.25, 0.3) is 5.91 Å². The average molecular weight is 379 g/mol. The van der Waals surface area contributed by atoms with Crippen LogP contribution < -0.4 is 15.5 Å². The maximum Gasteiger partial charge on any atom is 0.321 e. The van der Waals surface area contributed by atoms with Crippen LogP contribution in [0, 0.1) is 5.82 Å². The molecule has 0 aliphatic carbocycles. The number of carbonyl (C=O) groups is 2. The summed E-state index contributed by atoms with van der Waals surface area (Å²) >= 11 is 6.11. The molecule has 2 aromatic carbocycles. The van der Waals surface area contributed by atoms with E-state index >= 15 is 0 Å². The molecule has 1 unspecified atom stereocenters. The van der Waals surface area contributed by atoms with Crippen molar-refractivity contribution in [1.82, 2.24) is 10.6 Å². The van der Waals surface area contributed by atoms with Crippen LogP contribution in [0.15, 0.2) is 48.5 Å². The molecule has 0 aliphatic rings. The van der Waals surface area contributed by atoms with E-state index in [-0.39, 0.29) is 6.54 Å². The van der Waals surface area contributed by atoms with E-state index in [1.54, 1.807) is 32.2 Å². The third-order valence-corrected chi connectivity index (χ3v) is 4.33. The van der Waals surface area contributed by atoms with Gasteiger partial charge in [-0.25, -0.2) is 9.18 Å². The molecular formula is C19H22ClFN3O2+. The summed E-state index contributed by atoms with van der Waals surface area (Å²) in [5.41, 5.74) is 1.05. The number of urea groups is 1. The van der Waals surface area contributed by atoms with Crippen molar-refractivity contribution in [3.63, 3.8) is 0 Å². The third-order valence-electron chi connectivity index (χ3n) is 3.98. The zero-order valence-electron chi connectivity index (χ0n) is 14.7. The minimum Gasteiger partial charge on any atom is -0.338 e. The second kappa shape index (κ2) is 9.31. The Morgan fingerprint density at radius 1 is 1.15 bits per heavy atom. The SMILES string of the molecule is CCNC(=O)NC(=O)[C@H](c1ccccc1)[NH+](C)Cc1c(F)cccc1Cl. The van der Waals surface area contributed by atoms with Gasteiger partial charge in [-0.1, -0.05) is 48.0 Å². The summed E-state index contributed by atoms with van der Waals surface area (Å²) in [6, 6.07) is 12.3. The van der Waals surface area contributed by atoms with Gasteiger partial charge in [-0.15, -0.1) is 0 Å². The molecule has 0 aromatic heterocycles. The van der Waals surface area contributed by atoms with Gasteiger partial charge in [0, 0.05) is 12.1 Å². The van der Waals surface area contributed by atoms with Crippen molar-refractivity contribution in [2.75, 3.05) is 13.6 Å². The highest BCUT2D eigenvalue weighted by atomic mass is 35.5. The van der Waals surface area contributed by atoms with Gasteiger partial charge in [-0.2, -0.15) is 0 Å². The van der Waals surface area contributed by atoms with Gasteiger partial charge < -0.3 is 10.2 Å². The van der Waals surface area contributed by atoms with Crippen LogP contribution in [0.5, 0.6) is 0 Å². The van der Waals surface area contributed by atoms with Crippen LogP contribution in [0.3, 0.4) is 0 Å². The molecule has 0 bridgehead atoms. The van der Waals surface area contributed by atoms with E-state index in [0.717, 1.165) is 5.56 Å². The smallest absolute Gasteiger partial charge is 0.321 e. The summed E-state index contributed by atoms with van der Waals surface area (Å²) in [6.07, 6.45) is 0. The van der Waals surface area contributed by atoms with Gasteiger partial charge in [-0.3, -0.25) is 10.1 Å². The molecule has 5 nitrogen and oxygen atoms in total. The van der Waals surface area contributed by atoms with Crippen LogP contribution in [-0.2, 0) is 11.3 Å². The van der Waals surface area contributed by atoms with E-state index < -0.39 is 23.8 Å². The van der Waals surface area contributed by atoms with Crippen LogP contribution in [0.2, 0.25) is 5.02 Å². The molecule has 26 heavy (non-hydrogen) atoms. The number of halogens is 2. The Labute approximate surface area is 157 Å². The Morgan fingerprint density at radius 3 is 2.46 bits per heavy atom. The van der Waals surface area contributed by atoms with Crippen molar-refractivity contribution in [3.8, 4) is 0 Å². The molecule has 138 valence electrons. The quantitative estimate of drug-likeness (QED) is 0.720. The lowest BCUT2D eigenvalue weighted by atomic mass is 10.0. The van der Waals surface area contributed by atoms with E-state index in [2.05, 4.69) is 10.6 Å². The lowest BCUT2D eigenvalue weighted by Crippen LogP contribution is -3.09. The predicted octanol–water partition coefficient (Wildman–Crippen LogP) is 2.08. The van der Waals surface area contributed by atoms with Gasteiger partial charge in [0.05, 0.1) is 17.6 Å². The number of hydrogen-bond acceptors (Lipinski definition) is 2. The fourth-order valence-corrected chi connectivity index (χ4v) is 3.01. The molecule has 0 saturated carbocycles. The van der Waals surface area contributed by atoms with E-state index in [0.29, 0.717) is 22.0 Å². The summed E-state index contributed by atoms with van der Waals surface area (Å²) in [6.45, 7) is 2.35. The third kappa shape index (κ3) is 5.03. The molecule has 2 rings (SSSR count). The second-order valence-electron chi connectivity index (χ2n) is 5.92. The first-order chi connectivity index (χ1) is 12.4. The summed E-state index contributed by atoms with van der Waals surface area (Å²) in [5.74, 6) is -0.889. The summed E-state index contributed by atoms with van der Waals surface area (Å²) in [4.78, 5) is 25.1. The van der Waals surface area contributed by atoms with E-state index in [4.69, 9.17) is 11.6 Å². The Balaban J connectivity index is 2.28. The number of carbonyl (C=O) groups excluding carboxylic acids is 2. The maximum absolute atomic E-state index is 14.1. The number of likely N-dealkylation sites (N-methyl/N-ethyl adjacent to an activating group) is 1. The highest BCUT2D eigenvalue weighted by molar-refractivity contribution is 6.31. The van der Waals surface area contributed by atoms with Gasteiger partial charge in [0.15, 0.2) is 6.04 Å². The number of hydrogen-bond donors (Lipinski definition) is 3. The first-order valence-electron chi connectivity index (χ1n) is 8.32. The van der Waals surface area contributed by atoms with Crippen molar-refractivity contribution in [2.45, 2.75) is 19.5 Å². The number of benzene rings is 2. The molecule has 3 amide bonds. The van der Waals surface area contributed by atoms with Crippen molar-refractivity contribution in [3.05, 3.63) is 70.5 Å². The highest BCUT2D eigenvalue weighted by Gasteiger charge is 2.31. The monoisotopic (exact) mass is 378 g/mol. The van der Waals surface area contributed by atoms with Crippen molar-refractivity contribution >= 4 is 23.5 Å². The van der Waals surface area contributed by atoms with Gasteiger partial charge in [-0.05, 0) is 19.1 Å². The van der Waals surface area contributed by atoms with E-state index in [9.17, 15) is 14.0 Å². The van der Waals surface area contributed by atoms with Crippen LogP contribution in [0.1, 0.15) is 24.1 Å². The molecule has 0 aliphatic heterocycles. The average Bonchev–Trinajstić information content (AvgIpc) is 2.59. The van der Waals surface area contributed by atoms with Gasteiger partial charge in [0.2, 0.25) is 0 Å². The summed E-state index contributed by atoms with van der Waals surface area (Å²) in [5, 5.41) is 5.17.